The molecule has 3 heteroatoms. The van der Waals surface area contributed by atoms with E-state index in [1.807, 2.05) is 19.4 Å². The van der Waals surface area contributed by atoms with E-state index in [9.17, 15) is 0 Å². The maximum absolute atomic E-state index is 6.10. The van der Waals surface area contributed by atoms with Gasteiger partial charge in [0.25, 0.3) is 0 Å². The van der Waals surface area contributed by atoms with Crippen LogP contribution in [0.3, 0.4) is 0 Å². The van der Waals surface area contributed by atoms with Gasteiger partial charge in [0, 0.05) is 12.6 Å². The minimum absolute atomic E-state index is 0.0285. The number of ether oxygens (including phenoxy) is 1. The molecule has 1 aliphatic carbocycles. The second-order valence-electron chi connectivity index (χ2n) is 4.88. The number of nitrogens with one attached hydrogen (secondary N) is 1. The zero-order valence-electron chi connectivity index (χ0n) is 10.9. The number of furan rings is 1. The number of hydrogen-bond donors (Lipinski definition) is 1. The fourth-order valence-corrected chi connectivity index (χ4v) is 3.05. The molecule has 0 amide bonds. The lowest BCUT2D eigenvalue weighted by atomic mass is 9.88. The first kappa shape index (κ1) is 12.7. The van der Waals surface area contributed by atoms with Crippen LogP contribution >= 0.6 is 0 Å². The molecule has 0 bridgehead atoms. The predicted molar refractivity (Wildman–Crippen MR) is 68.1 cm³/mol. The van der Waals surface area contributed by atoms with Crippen LogP contribution in [0.25, 0.3) is 0 Å². The molecule has 3 nitrogen and oxygen atoms in total. The van der Waals surface area contributed by atoms with Gasteiger partial charge in [-0.2, -0.15) is 0 Å². The van der Waals surface area contributed by atoms with Crippen LogP contribution < -0.4 is 5.32 Å². The SMILES string of the molecule is CCOC1(C(Cc2ccoc2)NC)CCCC1. The number of likely N-dealkylation sites (N-methyl/N-ethyl adjacent to an activating group) is 1. The Morgan fingerprint density at radius 2 is 2.24 bits per heavy atom. The smallest absolute Gasteiger partial charge is 0.0935 e. The summed E-state index contributed by atoms with van der Waals surface area (Å²) in [4.78, 5) is 0. The first-order chi connectivity index (χ1) is 8.30. The Morgan fingerprint density at radius 3 is 2.76 bits per heavy atom. The highest BCUT2D eigenvalue weighted by Crippen LogP contribution is 2.37. The minimum atomic E-state index is 0.0285. The minimum Gasteiger partial charge on any atom is -0.472 e. The highest BCUT2D eigenvalue weighted by molar-refractivity contribution is 5.11. The zero-order valence-corrected chi connectivity index (χ0v) is 10.9. The van der Waals surface area contributed by atoms with E-state index in [0.29, 0.717) is 6.04 Å². The van der Waals surface area contributed by atoms with Crippen molar-refractivity contribution in [3.05, 3.63) is 24.2 Å². The molecule has 1 unspecified atom stereocenters. The van der Waals surface area contributed by atoms with Gasteiger partial charge >= 0.3 is 0 Å². The van der Waals surface area contributed by atoms with Crippen LogP contribution in [0.5, 0.6) is 0 Å². The summed E-state index contributed by atoms with van der Waals surface area (Å²) in [7, 11) is 2.03. The van der Waals surface area contributed by atoms with Crippen LogP contribution in [0.2, 0.25) is 0 Å². The van der Waals surface area contributed by atoms with E-state index in [0.717, 1.165) is 13.0 Å². The third-order valence-corrected chi connectivity index (χ3v) is 3.89. The Hall–Kier alpha value is -0.800. The van der Waals surface area contributed by atoms with Gasteiger partial charge in [0.05, 0.1) is 18.1 Å². The van der Waals surface area contributed by atoms with Gasteiger partial charge in [-0.1, -0.05) is 12.8 Å². The second kappa shape index (κ2) is 5.69. The third-order valence-electron chi connectivity index (χ3n) is 3.89. The number of rotatable bonds is 6. The third kappa shape index (κ3) is 2.72. The predicted octanol–water partition coefficient (Wildman–Crippen LogP) is 2.76. The summed E-state index contributed by atoms with van der Waals surface area (Å²) in [6.45, 7) is 2.88. The topological polar surface area (TPSA) is 34.4 Å². The fraction of sp³-hybridized carbons (Fsp3) is 0.714. The summed E-state index contributed by atoms with van der Waals surface area (Å²) in [6, 6.07) is 2.42. The average molecular weight is 237 g/mol. The summed E-state index contributed by atoms with van der Waals surface area (Å²) in [5, 5.41) is 3.44. The first-order valence-electron chi connectivity index (χ1n) is 6.63. The Labute approximate surface area is 104 Å². The van der Waals surface area contributed by atoms with E-state index in [1.165, 1.54) is 31.2 Å². The number of hydrogen-bond acceptors (Lipinski definition) is 3. The van der Waals surface area contributed by atoms with Crippen molar-refractivity contribution in [3.63, 3.8) is 0 Å². The van der Waals surface area contributed by atoms with E-state index < -0.39 is 0 Å². The largest absolute Gasteiger partial charge is 0.472 e. The molecule has 2 rings (SSSR count). The molecule has 1 atom stereocenters. The van der Waals surface area contributed by atoms with E-state index >= 15 is 0 Å². The van der Waals surface area contributed by atoms with Crippen LogP contribution in [0.15, 0.2) is 23.0 Å². The van der Waals surface area contributed by atoms with E-state index in [-0.39, 0.29) is 5.60 Å². The Kier molecular flexibility index (Phi) is 4.24. The maximum atomic E-state index is 6.10. The fourth-order valence-electron chi connectivity index (χ4n) is 3.05. The Bertz CT molecular complexity index is 315. The summed E-state index contributed by atoms with van der Waals surface area (Å²) in [5.41, 5.74) is 1.27. The van der Waals surface area contributed by atoms with E-state index in [4.69, 9.17) is 9.15 Å². The van der Waals surface area contributed by atoms with Crippen molar-refractivity contribution in [1.29, 1.82) is 0 Å². The summed E-state index contributed by atoms with van der Waals surface area (Å²) < 4.78 is 11.2. The van der Waals surface area contributed by atoms with Gasteiger partial charge in [-0.25, -0.2) is 0 Å². The quantitative estimate of drug-likeness (QED) is 0.826. The van der Waals surface area contributed by atoms with Gasteiger partial charge in [-0.3, -0.25) is 0 Å². The van der Waals surface area contributed by atoms with Crippen molar-refractivity contribution in [2.24, 2.45) is 0 Å². The molecule has 1 heterocycles. The molecule has 1 fully saturated rings. The van der Waals surface area contributed by atoms with Crippen molar-refractivity contribution >= 4 is 0 Å². The van der Waals surface area contributed by atoms with Crippen LogP contribution in [-0.4, -0.2) is 25.3 Å². The second-order valence-corrected chi connectivity index (χ2v) is 4.88. The van der Waals surface area contributed by atoms with Crippen molar-refractivity contribution < 1.29 is 9.15 Å². The Morgan fingerprint density at radius 1 is 1.47 bits per heavy atom. The monoisotopic (exact) mass is 237 g/mol. The van der Waals surface area contributed by atoms with Gasteiger partial charge in [-0.05, 0) is 44.9 Å². The summed E-state index contributed by atoms with van der Waals surface area (Å²) in [5.74, 6) is 0. The molecule has 0 radical (unpaired) electrons. The average Bonchev–Trinajstić information content (AvgIpc) is 2.97. The highest BCUT2D eigenvalue weighted by Gasteiger charge is 2.41. The highest BCUT2D eigenvalue weighted by atomic mass is 16.5. The van der Waals surface area contributed by atoms with Crippen molar-refractivity contribution in [2.45, 2.75) is 50.7 Å². The molecule has 0 aliphatic heterocycles. The Balaban J connectivity index is 2.09. The van der Waals surface area contributed by atoms with Gasteiger partial charge in [0.1, 0.15) is 0 Å². The lowest BCUT2D eigenvalue weighted by Crippen LogP contribution is -2.51. The summed E-state index contributed by atoms with van der Waals surface area (Å²) >= 11 is 0. The molecule has 96 valence electrons. The molecule has 0 spiro atoms. The van der Waals surface area contributed by atoms with Crippen LogP contribution in [0.4, 0.5) is 0 Å². The summed E-state index contributed by atoms with van der Waals surface area (Å²) in [6.07, 6.45) is 9.46. The lowest BCUT2D eigenvalue weighted by Gasteiger charge is -2.37. The first-order valence-corrected chi connectivity index (χ1v) is 6.63. The lowest BCUT2D eigenvalue weighted by molar-refractivity contribution is -0.0597. The molecule has 1 N–H and O–H groups in total. The molecule has 1 aromatic rings. The zero-order chi connectivity index (χ0) is 12.1. The standard InChI is InChI=1S/C14H23NO2/c1-3-17-14(7-4-5-8-14)13(15-2)10-12-6-9-16-11-12/h6,9,11,13,15H,3-5,7-8,10H2,1-2H3. The van der Waals surface area contributed by atoms with Gasteiger partial charge in [0.2, 0.25) is 0 Å². The van der Waals surface area contributed by atoms with Gasteiger partial charge < -0.3 is 14.5 Å². The molecule has 0 saturated heterocycles. The van der Waals surface area contributed by atoms with Gasteiger partial charge in [-0.15, -0.1) is 0 Å². The van der Waals surface area contributed by atoms with Crippen LogP contribution in [0, 0.1) is 0 Å². The van der Waals surface area contributed by atoms with E-state index in [2.05, 4.69) is 12.2 Å². The van der Waals surface area contributed by atoms with E-state index in [1.54, 1.807) is 6.26 Å². The molecule has 1 saturated carbocycles. The van der Waals surface area contributed by atoms with Crippen LogP contribution in [-0.2, 0) is 11.2 Å². The molecule has 0 aromatic carbocycles. The molecule has 1 aromatic heterocycles. The van der Waals surface area contributed by atoms with Crippen molar-refractivity contribution in [3.8, 4) is 0 Å². The van der Waals surface area contributed by atoms with Crippen LogP contribution in [0.1, 0.15) is 38.2 Å². The van der Waals surface area contributed by atoms with Crippen molar-refractivity contribution in [1.82, 2.24) is 5.32 Å². The maximum Gasteiger partial charge on any atom is 0.0935 e. The molecule has 1 aliphatic rings. The van der Waals surface area contributed by atoms with Gasteiger partial charge in [0.15, 0.2) is 0 Å². The van der Waals surface area contributed by atoms with Crippen molar-refractivity contribution in [2.75, 3.05) is 13.7 Å². The molecular formula is C14H23NO2. The molecule has 17 heavy (non-hydrogen) atoms. The normalized spacial score (nSPS) is 20.6. The molecular weight excluding hydrogens is 214 g/mol.